The van der Waals surface area contributed by atoms with E-state index in [-0.39, 0.29) is 0 Å². The molecule has 0 aliphatic carbocycles. The average Bonchev–Trinajstić information content (AvgIpc) is 2.46. The summed E-state index contributed by atoms with van der Waals surface area (Å²) in [7, 11) is -2.00. The molecule has 0 aliphatic rings. The Bertz CT molecular complexity index is 799. The van der Waals surface area contributed by atoms with Crippen molar-refractivity contribution in [3.8, 4) is 5.75 Å². The van der Waals surface area contributed by atoms with Crippen molar-refractivity contribution in [2.45, 2.75) is 20.8 Å². The van der Waals surface area contributed by atoms with Crippen molar-refractivity contribution in [3.05, 3.63) is 64.1 Å². The summed E-state index contributed by atoms with van der Waals surface area (Å²) in [5.74, 6) is 0.675. The minimum atomic E-state index is -3.57. The van der Waals surface area contributed by atoms with Gasteiger partial charge in [0, 0.05) is 5.69 Å². The first kappa shape index (κ1) is 17.1. The third kappa shape index (κ3) is 4.60. The minimum Gasteiger partial charge on any atom is -0.497 e. The Morgan fingerprint density at radius 1 is 1.00 bits per heavy atom. The first-order valence-electron chi connectivity index (χ1n) is 7.23. The number of sulfonamides is 1. The molecule has 0 bridgehead atoms. The number of hydrogen-bond acceptors (Lipinski definition) is 3. The van der Waals surface area contributed by atoms with Gasteiger partial charge in [-0.3, -0.25) is 4.72 Å². The van der Waals surface area contributed by atoms with Crippen LogP contribution in [-0.4, -0.2) is 15.5 Å². The van der Waals surface area contributed by atoms with E-state index in [1.165, 1.54) is 5.41 Å². The molecule has 2 aromatic rings. The molecule has 0 aliphatic heterocycles. The Balaban J connectivity index is 2.20. The molecule has 0 aromatic heterocycles. The van der Waals surface area contributed by atoms with Gasteiger partial charge in [-0.15, -0.1) is 0 Å². The summed E-state index contributed by atoms with van der Waals surface area (Å²) in [5, 5.41) is 1.20. The summed E-state index contributed by atoms with van der Waals surface area (Å²) in [6, 6.07) is 10.8. The second-order valence-corrected chi connectivity index (χ2v) is 7.06. The fourth-order valence-corrected chi connectivity index (χ4v) is 3.32. The third-order valence-electron chi connectivity index (χ3n) is 3.50. The van der Waals surface area contributed by atoms with Crippen molar-refractivity contribution in [1.82, 2.24) is 0 Å². The van der Waals surface area contributed by atoms with Gasteiger partial charge in [-0.25, -0.2) is 8.42 Å². The van der Waals surface area contributed by atoms with Gasteiger partial charge >= 0.3 is 0 Å². The minimum absolute atomic E-state index is 0.493. The van der Waals surface area contributed by atoms with E-state index >= 15 is 0 Å². The van der Waals surface area contributed by atoms with Crippen molar-refractivity contribution >= 4 is 21.8 Å². The van der Waals surface area contributed by atoms with Crippen LogP contribution < -0.4 is 9.46 Å². The van der Waals surface area contributed by atoms with Crippen LogP contribution >= 0.6 is 0 Å². The van der Waals surface area contributed by atoms with Crippen molar-refractivity contribution in [2.24, 2.45) is 0 Å². The number of nitrogens with one attached hydrogen (secondary N) is 1. The lowest BCUT2D eigenvalue weighted by Crippen LogP contribution is -2.08. The van der Waals surface area contributed by atoms with Crippen LogP contribution in [0, 0.1) is 20.8 Å². The number of rotatable bonds is 5. The summed E-state index contributed by atoms with van der Waals surface area (Å²) in [6.45, 7) is 5.97. The van der Waals surface area contributed by atoms with Gasteiger partial charge in [0.15, 0.2) is 0 Å². The molecule has 0 unspecified atom stereocenters. The molecule has 1 N–H and O–H groups in total. The van der Waals surface area contributed by atoms with E-state index in [4.69, 9.17) is 4.74 Å². The maximum absolute atomic E-state index is 12.2. The summed E-state index contributed by atoms with van der Waals surface area (Å²) in [4.78, 5) is 0. The molecular weight excluding hydrogens is 310 g/mol. The molecule has 0 spiro atoms. The van der Waals surface area contributed by atoms with E-state index in [0.29, 0.717) is 11.4 Å². The summed E-state index contributed by atoms with van der Waals surface area (Å²) < 4.78 is 31.9. The molecule has 4 nitrogen and oxygen atoms in total. The maximum atomic E-state index is 12.2. The molecular formula is C18H21NO3S. The molecule has 0 radical (unpaired) electrons. The molecule has 2 rings (SSSR count). The highest BCUT2D eigenvalue weighted by molar-refractivity contribution is 7.95. The summed E-state index contributed by atoms with van der Waals surface area (Å²) in [6.07, 6.45) is 1.63. The molecule has 5 heteroatoms. The largest absolute Gasteiger partial charge is 0.497 e. The molecule has 0 saturated carbocycles. The number of benzene rings is 2. The van der Waals surface area contributed by atoms with Gasteiger partial charge in [-0.1, -0.05) is 17.7 Å². The second kappa shape index (κ2) is 6.87. The zero-order valence-electron chi connectivity index (χ0n) is 13.8. The van der Waals surface area contributed by atoms with E-state index < -0.39 is 10.0 Å². The smallest absolute Gasteiger partial charge is 0.255 e. The van der Waals surface area contributed by atoms with Crippen LogP contribution in [-0.2, 0) is 10.0 Å². The van der Waals surface area contributed by atoms with E-state index in [1.807, 2.05) is 32.9 Å². The molecule has 2 aromatic carbocycles. The van der Waals surface area contributed by atoms with Crippen molar-refractivity contribution in [1.29, 1.82) is 0 Å². The molecule has 122 valence electrons. The Labute approximate surface area is 137 Å². The number of methoxy groups -OCH3 is 1. The normalized spacial score (nSPS) is 11.7. The van der Waals surface area contributed by atoms with E-state index in [1.54, 1.807) is 37.5 Å². The summed E-state index contributed by atoms with van der Waals surface area (Å²) >= 11 is 0. The highest BCUT2D eigenvalue weighted by Crippen LogP contribution is 2.20. The number of aryl methyl sites for hydroxylation is 3. The molecule has 23 heavy (non-hydrogen) atoms. The fraction of sp³-hybridized carbons (Fsp3) is 0.222. The third-order valence-corrected chi connectivity index (χ3v) is 4.52. The molecule has 0 fully saturated rings. The van der Waals surface area contributed by atoms with Crippen molar-refractivity contribution in [2.75, 3.05) is 11.8 Å². The lowest BCUT2D eigenvalue weighted by Gasteiger charge is -2.08. The second-order valence-electron chi connectivity index (χ2n) is 5.49. The lowest BCUT2D eigenvalue weighted by molar-refractivity contribution is 0.415. The maximum Gasteiger partial charge on any atom is 0.255 e. The van der Waals surface area contributed by atoms with E-state index in [0.717, 1.165) is 22.3 Å². The molecule has 0 atom stereocenters. The Morgan fingerprint density at radius 3 is 2.09 bits per heavy atom. The quantitative estimate of drug-likeness (QED) is 0.900. The van der Waals surface area contributed by atoms with Gasteiger partial charge in [0.2, 0.25) is 0 Å². The van der Waals surface area contributed by atoms with Gasteiger partial charge in [0.1, 0.15) is 5.75 Å². The van der Waals surface area contributed by atoms with Crippen LogP contribution in [0.4, 0.5) is 5.69 Å². The zero-order valence-corrected chi connectivity index (χ0v) is 14.6. The van der Waals surface area contributed by atoms with Crippen LogP contribution in [0.2, 0.25) is 0 Å². The Kier molecular flexibility index (Phi) is 5.11. The first-order valence-corrected chi connectivity index (χ1v) is 8.78. The Hall–Kier alpha value is -2.27. The van der Waals surface area contributed by atoms with Crippen LogP contribution in [0.1, 0.15) is 22.3 Å². The van der Waals surface area contributed by atoms with Gasteiger partial charge in [-0.05, 0) is 67.8 Å². The first-order chi connectivity index (χ1) is 10.8. The lowest BCUT2D eigenvalue weighted by atomic mass is 10.0. The van der Waals surface area contributed by atoms with Crippen LogP contribution in [0.5, 0.6) is 5.75 Å². The molecule has 0 heterocycles. The van der Waals surface area contributed by atoms with Gasteiger partial charge < -0.3 is 4.74 Å². The number of ether oxygens (including phenoxy) is 1. The topological polar surface area (TPSA) is 55.4 Å². The monoisotopic (exact) mass is 331 g/mol. The van der Waals surface area contributed by atoms with Gasteiger partial charge in [0.25, 0.3) is 10.0 Å². The van der Waals surface area contributed by atoms with E-state index in [9.17, 15) is 8.42 Å². The standard InChI is InChI=1S/C18H21NO3S/c1-13-11-14(2)18(15(3)12-13)9-10-23(20,21)19-16-5-7-17(22-4)8-6-16/h5-12,19H,1-4H3. The molecule has 0 saturated heterocycles. The van der Waals surface area contributed by atoms with E-state index in [2.05, 4.69) is 4.72 Å². The fourth-order valence-electron chi connectivity index (χ4n) is 2.47. The number of hydrogen-bond donors (Lipinski definition) is 1. The van der Waals surface area contributed by atoms with Crippen LogP contribution in [0.3, 0.4) is 0 Å². The predicted molar refractivity (Wildman–Crippen MR) is 95.2 cm³/mol. The van der Waals surface area contributed by atoms with Crippen molar-refractivity contribution in [3.63, 3.8) is 0 Å². The van der Waals surface area contributed by atoms with Crippen LogP contribution in [0.15, 0.2) is 41.8 Å². The Morgan fingerprint density at radius 2 is 1.57 bits per heavy atom. The molecule has 0 amide bonds. The van der Waals surface area contributed by atoms with Gasteiger partial charge in [0.05, 0.1) is 12.5 Å². The zero-order chi connectivity index (χ0) is 17.0. The van der Waals surface area contributed by atoms with Gasteiger partial charge in [-0.2, -0.15) is 0 Å². The highest BCUT2D eigenvalue weighted by atomic mass is 32.2. The SMILES string of the molecule is COc1ccc(NS(=O)(=O)C=Cc2c(C)cc(C)cc2C)cc1. The van der Waals surface area contributed by atoms with Crippen molar-refractivity contribution < 1.29 is 13.2 Å². The number of anilines is 1. The average molecular weight is 331 g/mol. The van der Waals surface area contributed by atoms with Crippen LogP contribution in [0.25, 0.3) is 6.08 Å². The predicted octanol–water partition coefficient (Wildman–Crippen LogP) is 4.03. The summed E-state index contributed by atoms with van der Waals surface area (Å²) in [5.41, 5.74) is 4.69. The highest BCUT2D eigenvalue weighted by Gasteiger charge is 2.07.